The molecular weight excluding hydrogens is 269 g/mol. The lowest BCUT2D eigenvalue weighted by Crippen LogP contribution is -2.48. The summed E-state index contributed by atoms with van der Waals surface area (Å²) in [6.07, 6.45) is -3.28. The van der Waals surface area contributed by atoms with Crippen molar-refractivity contribution >= 4 is 11.6 Å². The van der Waals surface area contributed by atoms with Crippen LogP contribution in [0.25, 0.3) is 0 Å². The van der Waals surface area contributed by atoms with Crippen LogP contribution in [0.4, 0.5) is 18.9 Å². The minimum atomic E-state index is -4.44. The van der Waals surface area contributed by atoms with Crippen LogP contribution in [-0.4, -0.2) is 11.4 Å². The highest BCUT2D eigenvalue weighted by Gasteiger charge is 2.33. The molecule has 0 spiro atoms. The fourth-order valence-electron chi connectivity index (χ4n) is 1.91. The van der Waals surface area contributed by atoms with Crippen molar-refractivity contribution in [3.05, 3.63) is 29.3 Å². The zero-order valence-electron chi connectivity index (χ0n) is 11.8. The second-order valence-corrected chi connectivity index (χ2v) is 5.15. The minimum absolute atomic E-state index is 0.0979. The fraction of sp³-hybridized carbons (Fsp3) is 0.500. The van der Waals surface area contributed by atoms with Gasteiger partial charge in [0.15, 0.2) is 0 Å². The number of alkyl halides is 3. The molecule has 0 aliphatic carbocycles. The Morgan fingerprint density at radius 1 is 1.35 bits per heavy atom. The molecule has 1 rings (SSSR count). The summed E-state index contributed by atoms with van der Waals surface area (Å²) in [6, 6.07) is 3.69. The molecule has 1 unspecified atom stereocenters. The standard InChI is InChI=1S/C14H19F3N2O/c1-4-7-13(3,18)12(20)19-10-6-5-9(2)11(8-10)14(15,16)17/h5-6,8H,4,7,18H2,1-3H3,(H,19,20). The van der Waals surface area contributed by atoms with Gasteiger partial charge >= 0.3 is 6.18 Å². The molecule has 0 fully saturated rings. The molecule has 0 aliphatic heterocycles. The number of aryl methyl sites for hydroxylation is 1. The Hall–Kier alpha value is -1.56. The summed E-state index contributed by atoms with van der Waals surface area (Å²) in [7, 11) is 0. The van der Waals surface area contributed by atoms with Gasteiger partial charge in [0, 0.05) is 5.69 Å². The zero-order valence-corrected chi connectivity index (χ0v) is 11.8. The van der Waals surface area contributed by atoms with Crippen molar-refractivity contribution in [2.75, 3.05) is 5.32 Å². The molecule has 0 aromatic heterocycles. The summed E-state index contributed by atoms with van der Waals surface area (Å²) < 4.78 is 38.4. The number of amides is 1. The third-order valence-electron chi connectivity index (χ3n) is 3.09. The molecule has 3 N–H and O–H groups in total. The first-order valence-corrected chi connectivity index (χ1v) is 6.36. The number of carbonyl (C=O) groups is 1. The van der Waals surface area contributed by atoms with Gasteiger partial charge in [0.05, 0.1) is 11.1 Å². The highest BCUT2D eigenvalue weighted by Crippen LogP contribution is 2.33. The van der Waals surface area contributed by atoms with Gasteiger partial charge in [-0.25, -0.2) is 0 Å². The molecule has 0 aliphatic rings. The van der Waals surface area contributed by atoms with Gasteiger partial charge in [0.2, 0.25) is 5.91 Å². The first-order valence-electron chi connectivity index (χ1n) is 6.36. The van der Waals surface area contributed by atoms with Crippen LogP contribution in [0.1, 0.15) is 37.8 Å². The van der Waals surface area contributed by atoms with Gasteiger partial charge in [0.1, 0.15) is 0 Å². The van der Waals surface area contributed by atoms with Gasteiger partial charge in [-0.05, 0) is 38.0 Å². The second-order valence-electron chi connectivity index (χ2n) is 5.15. The zero-order chi connectivity index (χ0) is 15.6. The van der Waals surface area contributed by atoms with Crippen molar-refractivity contribution in [1.29, 1.82) is 0 Å². The molecule has 0 radical (unpaired) electrons. The van der Waals surface area contributed by atoms with Crippen LogP contribution in [0.15, 0.2) is 18.2 Å². The molecule has 1 aromatic rings. The fourth-order valence-corrected chi connectivity index (χ4v) is 1.91. The van der Waals surface area contributed by atoms with Crippen molar-refractivity contribution < 1.29 is 18.0 Å². The summed E-state index contributed by atoms with van der Waals surface area (Å²) in [5.41, 5.74) is 4.19. The smallest absolute Gasteiger partial charge is 0.324 e. The SMILES string of the molecule is CCCC(C)(N)C(=O)Nc1ccc(C)c(C(F)(F)F)c1. The van der Waals surface area contributed by atoms with E-state index in [0.29, 0.717) is 12.8 Å². The maximum Gasteiger partial charge on any atom is 0.416 e. The second kappa shape index (κ2) is 5.83. The molecule has 0 bridgehead atoms. The highest BCUT2D eigenvalue weighted by molar-refractivity contribution is 5.97. The Balaban J connectivity index is 2.97. The molecule has 1 amide bonds. The van der Waals surface area contributed by atoms with E-state index < -0.39 is 23.2 Å². The van der Waals surface area contributed by atoms with Gasteiger partial charge < -0.3 is 11.1 Å². The molecule has 3 nitrogen and oxygen atoms in total. The molecule has 0 saturated carbocycles. The van der Waals surface area contributed by atoms with E-state index in [1.807, 2.05) is 6.92 Å². The van der Waals surface area contributed by atoms with Gasteiger partial charge in [-0.2, -0.15) is 13.2 Å². The van der Waals surface area contributed by atoms with Crippen LogP contribution in [0.3, 0.4) is 0 Å². The third kappa shape index (κ3) is 3.96. The molecule has 1 atom stereocenters. The number of benzene rings is 1. The predicted molar refractivity (Wildman–Crippen MR) is 72.3 cm³/mol. The van der Waals surface area contributed by atoms with Crippen LogP contribution in [0.5, 0.6) is 0 Å². The van der Waals surface area contributed by atoms with E-state index in [4.69, 9.17) is 5.73 Å². The Morgan fingerprint density at radius 2 is 1.95 bits per heavy atom. The highest BCUT2D eigenvalue weighted by atomic mass is 19.4. The first-order chi connectivity index (χ1) is 9.08. The van der Waals surface area contributed by atoms with Crippen LogP contribution in [0, 0.1) is 6.92 Å². The van der Waals surface area contributed by atoms with Gasteiger partial charge in [-0.15, -0.1) is 0 Å². The molecule has 0 saturated heterocycles. The van der Waals surface area contributed by atoms with Crippen molar-refractivity contribution in [3.8, 4) is 0 Å². The average Bonchev–Trinajstić information content (AvgIpc) is 2.30. The van der Waals surface area contributed by atoms with E-state index in [0.717, 1.165) is 6.07 Å². The number of hydrogen-bond acceptors (Lipinski definition) is 2. The van der Waals surface area contributed by atoms with E-state index in [-0.39, 0.29) is 11.3 Å². The number of hydrogen-bond donors (Lipinski definition) is 2. The molecule has 1 aromatic carbocycles. The van der Waals surface area contributed by atoms with Crippen LogP contribution >= 0.6 is 0 Å². The molecule has 112 valence electrons. The number of carbonyl (C=O) groups excluding carboxylic acids is 1. The monoisotopic (exact) mass is 288 g/mol. The summed E-state index contributed by atoms with van der Waals surface area (Å²) in [4.78, 5) is 12.0. The predicted octanol–water partition coefficient (Wildman–Crippen LogP) is 3.47. The maximum atomic E-state index is 12.8. The van der Waals surface area contributed by atoms with E-state index in [9.17, 15) is 18.0 Å². The lowest BCUT2D eigenvalue weighted by Gasteiger charge is -2.23. The van der Waals surface area contributed by atoms with Gasteiger partial charge in [-0.3, -0.25) is 4.79 Å². The largest absolute Gasteiger partial charge is 0.416 e. The maximum absolute atomic E-state index is 12.8. The summed E-state index contributed by atoms with van der Waals surface area (Å²) in [5.74, 6) is -0.490. The first kappa shape index (κ1) is 16.5. The number of rotatable bonds is 4. The van der Waals surface area contributed by atoms with Crippen molar-refractivity contribution in [2.45, 2.75) is 45.3 Å². The van der Waals surface area contributed by atoms with Crippen molar-refractivity contribution in [3.63, 3.8) is 0 Å². The van der Waals surface area contributed by atoms with Crippen LogP contribution in [-0.2, 0) is 11.0 Å². The Labute approximate surface area is 116 Å². The van der Waals surface area contributed by atoms with Crippen LogP contribution < -0.4 is 11.1 Å². The quantitative estimate of drug-likeness (QED) is 0.891. The molecule has 20 heavy (non-hydrogen) atoms. The summed E-state index contributed by atoms with van der Waals surface area (Å²) in [6.45, 7) is 4.81. The normalized spacial score (nSPS) is 14.8. The van der Waals surface area contributed by atoms with Gasteiger partial charge in [-0.1, -0.05) is 19.4 Å². The molecule has 6 heteroatoms. The molecular formula is C14H19F3N2O. The lowest BCUT2D eigenvalue weighted by atomic mass is 9.96. The van der Waals surface area contributed by atoms with Crippen molar-refractivity contribution in [2.24, 2.45) is 5.73 Å². The number of anilines is 1. The van der Waals surface area contributed by atoms with Gasteiger partial charge in [0.25, 0.3) is 0 Å². The summed E-state index contributed by atoms with van der Waals surface area (Å²) >= 11 is 0. The average molecular weight is 288 g/mol. The van der Waals surface area contributed by atoms with Crippen LogP contribution in [0.2, 0.25) is 0 Å². The Kier molecular flexibility index (Phi) is 4.81. The molecule has 0 heterocycles. The van der Waals surface area contributed by atoms with Crippen molar-refractivity contribution in [1.82, 2.24) is 0 Å². The number of halogens is 3. The van der Waals surface area contributed by atoms with E-state index in [2.05, 4.69) is 5.32 Å². The number of nitrogens with two attached hydrogens (primary N) is 1. The number of nitrogens with one attached hydrogen (secondary N) is 1. The Morgan fingerprint density at radius 3 is 2.45 bits per heavy atom. The third-order valence-corrected chi connectivity index (χ3v) is 3.09. The minimum Gasteiger partial charge on any atom is -0.324 e. The van der Waals surface area contributed by atoms with E-state index in [1.165, 1.54) is 19.1 Å². The lowest BCUT2D eigenvalue weighted by molar-refractivity contribution is -0.138. The Bertz CT molecular complexity index is 496. The summed E-state index contributed by atoms with van der Waals surface area (Å²) in [5, 5.41) is 2.44. The van der Waals surface area contributed by atoms with E-state index >= 15 is 0 Å². The topological polar surface area (TPSA) is 55.1 Å². The van der Waals surface area contributed by atoms with E-state index in [1.54, 1.807) is 6.92 Å².